The van der Waals surface area contributed by atoms with Gasteiger partial charge < -0.3 is 14.0 Å². The lowest BCUT2D eigenvalue weighted by atomic mass is 10.1. The van der Waals surface area contributed by atoms with Crippen molar-refractivity contribution in [2.45, 2.75) is 19.3 Å². The summed E-state index contributed by atoms with van der Waals surface area (Å²) in [6, 6.07) is 13.6. The molecule has 2 aromatic heterocycles. The van der Waals surface area contributed by atoms with Crippen molar-refractivity contribution < 1.29 is 18.4 Å². The summed E-state index contributed by atoms with van der Waals surface area (Å²) in [5, 5.41) is 12.4. The van der Waals surface area contributed by atoms with E-state index in [0.29, 0.717) is 18.1 Å². The quantitative estimate of drug-likeness (QED) is 0.525. The molecule has 0 bridgehead atoms. The predicted molar refractivity (Wildman–Crippen MR) is 99.2 cm³/mol. The number of methoxy groups -OCH3 is 1. The maximum atomic E-state index is 13.1. The normalized spacial score (nSPS) is 15.9. The Morgan fingerprint density at radius 2 is 1.90 bits per heavy atom. The molecule has 0 N–H and O–H groups in total. The van der Waals surface area contributed by atoms with Crippen LogP contribution in [0.25, 0.3) is 23.0 Å². The molecule has 1 aliphatic heterocycles. The molecule has 29 heavy (non-hydrogen) atoms. The number of hydrogen-bond donors (Lipinski definition) is 0. The number of aromatic nitrogens is 5. The van der Waals surface area contributed by atoms with Gasteiger partial charge in [0.25, 0.3) is 5.89 Å². The van der Waals surface area contributed by atoms with Gasteiger partial charge in [0, 0.05) is 5.56 Å². The summed E-state index contributed by atoms with van der Waals surface area (Å²) < 4.78 is 31.4. The van der Waals surface area contributed by atoms with Gasteiger partial charge in [0.05, 0.1) is 26.0 Å². The third-order valence-corrected chi connectivity index (χ3v) is 4.82. The Bertz CT molecular complexity index is 1140. The number of benzene rings is 2. The zero-order valence-corrected chi connectivity index (χ0v) is 15.4. The van der Waals surface area contributed by atoms with Crippen LogP contribution in [0.4, 0.5) is 4.39 Å². The topological polar surface area (TPSA) is 88.1 Å². The first kappa shape index (κ1) is 17.5. The van der Waals surface area contributed by atoms with E-state index >= 15 is 0 Å². The van der Waals surface area contributed by atoms with Gasteiger partial charge in [0.15, 0.2) is 5.69 Å². The van der Waals surface area contributed by atoms with Crippen molar-refractivity contribution in [2.24, 2.45) is 0 Å². The smallest absolute Gasteiger partial charge is 0.280 e. The van der Waals surface area contributed by atoms with Crippen LogP contribution in [0.3, 0.4) is 0 Å². The van der Waals surface area contributed by atoms with Crippen molar-refractivity contribution in [1.82, 2.24) is 25.1 Å². The monoisotopic (exact) mass is 393 g/mol. The van der Waals surface area contributed by atoms with E-state index in [9.17, 15) is 4.39 Å². The standard InChI is InChI=1S/C20H16FN5O3/c1-27-15-8-4-13(5-9-15)19-22-20(29-24-19)18-16-11-28-17(10-26(16)25-23-18)12-2-6-14(21)7-3-12/h2-9,17H,10-11H2,1H3/t17-/m0/s1. The lowest BCUT2D eigenvalue weighted by molar-refractivity contribution is -0.00120. The predicted octanol–water partition coefficient (Wildman–Crippen LogP) is 3.41. The highest BCUT2D eigenvalue weighted by molar-refractivity contribution is 5.59. The zero-order chi connectivity index (χ0) is 19.8. The van der Waals surface area contributed by atoms with Gasteiger partial charge in [-0.15, -0.1) is 5.10 Å². The third-order valence-electron chi connectivity index (χ3n) is 4.82. The number of nitrogens with zero attached hydrogens (tertiary/aromatic N) is 5. The second kappa shape index (κ2) is 7.10. The van der Waals surface area contributed by atoms with E-state index in [1.807, 2.05) is 24.3 Å². The summed E-state index contributed by atoms with van der Waals surface area (Å²) in [6.45, 7) is 0.748. The molecule has 0 spiro atoms. The van der Waals surface area contributed by atoms with Crippen LogP contribution in [0.5, 0.6) is 5.75 Å². The Kier molecular flexibility index (Phi) is 4.28. The third kappa shape index (κ3) is 3.25. The lowest BCUT2D eigenvalue weighted by Gasteiger charge is -2.24. The summed E-state index contributed by atoms with van der Waals surface area (Å²) in [5.41, 5.74) is 2.94. The molecule has 0 fully saturated rings. The van der Waals surface area contributed by atoms with Gasteiger partial charge in [-0.25, -0.2) is 9.07 Å². The minimum absolute atomic E-state index is 0.227. The molecule has 146 valence electrons. The van der Waals surface area contributed by atoms with E-state index in [1.54, 1.807) is 23.9 Å². The SMILES string of the molecule is COc1ccc(-c2noc(-c3nnn4c3CO[C@H](c3ccc(F)cc3)C4)n2)cc1. The minimum atomic E-state index is -0.280. The highest BCUT2D eigenvalue weighted by Crippen LogP contribution is 2.31. The number of rotatable bonds is 4. The van der Waals surface area contributed by atoms with Gasteiger partial charge in [0.2, 0.25) is 5.82 Å². The molecule has 0 radical (unpaired) electrons. The molecule has 3 heterocycles. The van der Waals surface area contributed by atoms with Crippen molar-refractivity contribution in [3.63, 3.8) is 0 Å². The summed E-state index contributed by atoms with van der Waals surface area (Å²) in [7, 11) is 1.61. The lowest BCUT2D eigenvalue weighted by Crippen LogP contribution is -2.22. The van der Waals surface area contributed by atoms with E-state index in [1.165, 1.54) is 12.1 Å². The Hall–Kier alpha value is -3.59. The van der Waals surface area contributed by atoms with Crippen LogP contribution >= 0.6 is 0 Å². The van der Waals surface area contributed by atoms with Gasteiger partial charge in [-0.1, -0.05) is 22.5 Å². The Morgan fingerprint density at radius 1 is 1.10 bits per heavy atom. The van der Waals surface area contributed by atoms with E-state index in [2.05, 4.69) is 20.5 Å². The largest absolute Gasteiger partial charge is 0.497 e. The van der Waals surface area contributed by atoms with Gasteiger partial charge in [-0.3, -0.25) is 0 Å². The van der Waals surface area contributed by atoms with Crippen LogP contribution in [0, 0.1) is 5.82 Å². The van der Waals surface area contributed by atoms with Crippen LogP contribution in [0.2, 0.25) is 0 Å². The van der Waals surface area contributed by atoms with E-state index in [4.69, 9.17) is 14.0 Å². The van der Waals surface area contributed by atoms with Crippen LogP contribution < -0.4 is 4.74 Å². The number of ether oxygens (including phenoxy) is 2. The number of halogens is 1. The van der Waals surface area contributed by atoms with Crippen LogP contribution in [-0.2, 0) is 17.9 Å². The highest BCUT2D eigenvalue weighted by atomic mass is 19.1. The zero-order valence-electron chi connectivity index (χ0n) is 15.4. The summed E-state index contributed by atoms with van der Waals surface area (Å²) in [5.74, 6) is 1.20. The molecular weight excluding hydrogens is 377 g/mol. The first-order chi connectivity index (χ1) is 14.2. The maximum Gasteiger partial charge on any atom is 0.280 e. The second-order valence-electron chi connectivity index (χ2n) is 6.57. The molecule has 0 amide bonds. The fourth-order valence-electron chi connectivity index (χ4n) is 3.23. The molecule has 1 aliphatic rings. The van der Waals surface area contributed by atoms with E-state index in [-0.39, 0.29) is 24.4 Å². The molecule has 9 heteroatoms. The Balaban J connectivity index is 1.39. The molecule has 5 rings (SSSR count). The van der Waals surface area contributed by atoms with Crippen molar-refractivity contribution in [1.29, 1.82) is 0 Å². The van der Waals surface area contributed by atoms with Gasteiger partial charge in [-0.05, 0) is 42.0 Å². The van der Waals surface area contributed by atoms with Crippen LogP contribution in [0.15, 0.2) is 53.1 Å². The van der Waals surface area contributed by atoms with Crippen molar-refractivity contribution >= 4 is 0 Å². The first-order valence-corrected chi connectivity index (χ1v) is 8.99. The highest BCUT2D eigenvalue weighted by Gasteiger charge is 2.28. The molecule has 0 saturated heterocycles. The molecule has 8 nitrogen and oxygen atoms in total. The van der Waals surface area contributed by atoms with E-state index < -0.39 is 0 Å². The average Bonchev–Trinajstić information content (AvgIpc) is 3.41. The van der Waals surface area contributed by atoms with Gasteiger partial charge in [0.1, 0.15) is 17.7 Å². The number of fused-ring (bicyclic) bond motifs is 1. The van der Waals surface area contributed by atoms with Gasteiger partial charge >= 0.3 is 0 Å². The summed E-state index contributed by atoms with van der Waals surface area (Å²) in [6.07, 6.45) is -0.227. The molecule has 0 aliphatic carbocycles. The number of hydrogen-bond acceptors (Lipinski definition) is 7. The minimum Gasteiger partial charge on any atom is -0.497 e. The van der Waals surface area contributed by atoms with Gasteiger partial charge in [-0.2, -0.15) is 4.98 Å². The fraction of sp³-hybridized carbons (Fsp3) is 0.200. The van der Waals surface area contributed by atoms with Crippen molar-refractivity contribution in [3.8, 4) is 28.7 Å². The van der Waals surface area contributed by atoms with Crippen LogP contribution in [-0.4, -0.2) is 32.2 Å². The molecule has 1 atom stereocenters. The second-order valence-corrected chi connectivity index (χ2v) is 6.57. The van der Waals surface area contributed by atoms with E-state index in [0.717, 1.165) is 22.6 Å². The molecule has 0 unspecified atom stereocenters. The maximum absolute atomic E-state index is 13.1. The average molecular weight is 393 g/mol. The van der Waals surface area contributed by atoms with Crippen LogP contribution in [0.1, 0.15) is 17.4 Å². The van der Waals surface area contributed by atoms with Crippen molar-refractivity contribution in [2.75, 3.05) is 7.11 Å². The summed E-state index contributed by atoms with van der Waals surface area (Å²) in [4.78, 5) is 4.44. The Labute approximate surface area is 164 Å². The molecule has 4 aromatic rings. The first-order valence-electron chi connectivity index (χ1n) is 8.99. The molecule has 0 saturated carbocycles. The summed E-state index contributed by atoms with van der Waals surface area (Å²) >= 11 is 0. The Morgan fingerprint density at radius 3 is 2.66 bits per heavy atom. The van der Waals surface area contributed by atoms with Crippen molar-refractivity contribution in [3.05, 3.63) is 65.6 Å². The fourth-order valence-corrected chi connectivity index (χ4v) is 3.23. The molecule has 2 aromatic carbocycles. The molecular formula is C20H16FN5O3.